The first kappa shape index (κ1) is 76.0. The molecule has 0 bridgehead atoms. The molecule has 0 aromatic rings. The molecule has 456 valence electrons. The average molecular weight is 1120 g/mol. The van der Waals surface area contributed by atoms with Gasteiger partial charge >= 0.3 is 17.9 Å². The van der Waals surface area contributed by atoms with E-state index < -0.39 is 6.10 Å². The van der Waals surface area contributed by atoms with E-state index in [2.05, 4.69) is 179 Å². The molecule has 6 heteroatoms. The van der Waals surface area contributed by atoms with Crippen LogP contribution >= 0.6 is 0 Å². The van der Waals surface area contributed by atoms with Gasteiger partial charge in [0.05, 0.1) is 0 Å². The van der Waals surface area contributed by atoms with Gasteiger partial charge in [0.2, 0.25) is 0 Å². The molecule has 0 aliphatic carbocycles. The molecule has 0 saturated heterocycles. The van der Waals surface area contributed by atoms with E-state index in [9.17, 15) is 14.4 Å². The standard InChI is InChI=1S/C75H120O6/c1-4-7-10-13-16-19-22-24-26-28-30-32-34-35-36-37-38-39-41-42-44-46-48-50-53-56-59-62-65-68-74(77)80-71-72(70-79-73(76)67-64-61-58-55-52-21-18-15-12-9-6-3)81-75(78)69-66-63-60-57-54-51-49-47-45-43-40-33-31-29-27-25-23-20-17-14-11-8-5-2/h7-8,10-11,15-20,24-27,30-33,35-36,38-39,42-45,72H,4-6,9,12-14,21-23,28-29,34,37,40-41,46-71H2,1-3H3/b10-7-,11-8-,18-15-,19-16-,20-17-,26-24-,27-25-,32-30-,33-31-,36-35-,39-38-,44-42-,45-43-. The lowest BCUT2D eigenvalue weighted by molar-refractivity contribution is -0.167. The molecule has 0 rings (SSSR count). The minimum atomic E-state index is -0.801. The minimum Gasteiger partial charge on any atom is -0.462 e. The van der Waals surface area contributed by atoms with Crippen LogP contribution in [0.15, 0.2) is 158 Å². The Morgan fingerprint density at radius 2 is 0.481 bits per heavy atom. The van der Waals surface area contributed by atoms with Crippen LogP contribution in [0.3, 0.4) is 0 Å². The van der Waals surface area contributed by atoms with Gasteiger partial charge in [-0.15, -0.1) is 0 Å². The summed E-state index contributed by atoms with van der Waals surface area (Å²) in [5.41, 5.74) is 0. The molecule has 0 radical (unpaired) electrons. The Bertz CT molecular complexity index is 1810. The molecule has 6 nitrogen and oxygen atoms in total. The van der Waals surface area contributed by atoms with Crippen LogP contribution in [-0.4, -0.2) is 37.2 Å². The number of hydrogen-bond acceptors (Lipinski definition) is 6. The van der Waals surface area contributed by atoms with Gasteiger partial charge in [-0.2, -0.15) is 0 Å². The largest absolute Gasteiger partial charge is 0.462 e. The summed E-state index contributed by atoms with van der Waals surface area (Å²) >= 11 is 0. The summed E-state index contributed by atoms with van der Waals surface area (Å²) in [6.45, 7) is 6.35. The van der Waals surface area contributed by atoms with E-state index >= 15 is 0 Å². The summed E-state index contributed by atoms with van der Waals surface area (Å²) in [5.74, 6) is -0.929. The Balaban J connectivity index is 4.35. The van der Waals surface area contributed by atoms with Crippen molar-refractivity contribution in [3.05, 3.63) is 158 Å². The highest BCUT2D eigenvalue weighted by atomic mass is 16.6. The first-order valence-electron chi connectivity index (χ1n) is 33.0. The second-order valence-corrected chi connectivity index (χ2v) is 21.3. The van der Waals surface area contributed by atoms with Gasteiger partial charge in [-0.3, -0.25) is 14.4 Å². The Labute approximate surface area is 499 Å². The van der Waals surface area contributed by atoms with E-state index in [0.717, 1.165) is 167 Å². The summed E-state index contributed by atoms with van der Waals surface area (Å²) in [7, 11) is 0. The molecular weight excluding hydrogens is 997 g/mol. The third-order valence-electron chi connectivity index (χ3n) is 13.5. The van der Waals surface area contributed by atoms with Crippen molar-refractivity contribution < 1.29 is 28.6 Å². The van der Waals surface area contributed by atoms with Crippen LogP contribution in [0, 0.1) is 0 Å². The van der Waals surface area contributed by atoms with Crippen molar-refractivity contribution in [2.45, 2.75) is 284 Å². The molecule has 81 heavy (non-hydrogen) atoms. The van der Waals surface area contributed by atoms with Crippen molar-refractivity contribution in [1.29, 1.82) is 0 Å². The predicted octanol–water partition coefficient (Wildman–Crippen LogP) is 22.9. The van der Waals surface area contributed by atoms with E-state index in [0.29, 0.717) is 19.3 Å². The Morgan fingerprint density at radius 3 is 0.765 bits per heavy atom. The number of carbonyl (C=O) groups excluding carboxylic acids is 3. The van der Waals surface area contributed by atoms with E-state index in [4.69, 9.17) is 14.2 Å². The lowest BCUT2D eigenvalue weighted by Crippen LogP contribution is -2.30. The quantitative estimate of drug-likeness (QED) is 0.0261. The van der Waals surface area contributed by atoms with Gasteiger partial charge in [0.25, 0.3) is 0 Å². The fourth-order valence-corrected chi connectivity index (χ4v) is 8.61. The number of allylic oxidation sites excluding steroid dienone is 26. The molecule has 0 aliphatic heterocycles. The van der Waals surface area contributed by atoms with Crippen molar-refractivity contribution >= 4 is 17.9 Å². The van der Waals surface area contributed by atoms with Crippen LogP contribution < -0.4 is 0 Å². The number of hydrogen-bond donors (Lipinski definition) is 0. The molecule has 0 aromatic carbocycles. The minimum absolute atomic E-state index is 0.0961. The van der Waals surface area contributed by atoms with Gasteiger partial charge < -0.3 is 14.2 Å². The molecule has 0 aromatic heterocycles. The number of carbonyl (C=O) groups is 3. The summed E-state index contributed by atoms with van der Waals surface area (Å²) in [5, 5.41) is 0. The molecule has 0 spiro atoms. The second kappa shape index (κ2) is 67.5. The lowest BCUT2D eigenvalue weighted by Gasteiger charge is -2.18. The summed E-state index contributed by atoms with van der Waals surface area (Å²) in [6.07, 6.45) is 98.2. The van der Waals surface area contributed by atoms with Gasteiger partial charge in [-0.25, -0.2) is 0 Å². The molecule has 0 heterocycles. The topological polar surface area (TPSA) is 78.9 Å². The van der Waals surface area contributed by atoms with Crippen molar-refractivity contribution in [2.24, 2.45) is 0 Å². The van der Waals surface area contributed by atoms with Crippen molar-refractivity contribution in [2.75, 3.05) is 13.2 Å². The second-order valence-electron chi connectivity index (χ2n) is 21.3. The molecule has 0 N–H and O–H groups in total. The highest BCUT2D eigenvalue weighted by Gasteiger charge is 2.19. The van der Waals surface area contributed by atoms with Gasteiger partial charge in [-0.1, -0.05) is 275 Å². The summed E-state index contributed by atoms with van der Waals surface area (Å²) in [4.78, 5) is 38.3. The molecule has 0 saturated carbocycles. The third-order valence-corrected chi connectivity index (χ3v) is 13.5. The summed E-state index contributed by atoms with van der Waals surface area (Å²) in [6, 6.07) is 0. The maximum atomic E-state index is 12.9. The normalized spacial score (nSPS) is 13.2. The van der Waals surface area contributed by atoms with Crippen molar-refractivity contribution in [3.63, 3.8) is 0 Å². The SMILES string of the molecule is CC/C=C\C/C=C\C/C=C\C/C=C\C/C=C\C/C=C\C/C=C\CCCCCCCCCC(=O)OCC(COC(=O)CCCCCCC/C=C\CCCC)OC(=O)CCCCCCCCC/C=C\C/C=C\C/C=C\C/C=C\C/C=C\CC. The molecule has 1 atom stereocenters. The monoisotopic (exact) mass is 1120 g/mol. The fraction of sp³-hybridized carbons (Fsp3) is 0.613. The number of unbranched alkanes of at least 4 members (excludes halogenated alkanes) is 21. The van der Waals surface area contributed by atoms with Crippen LogP contribution in [-0.2, 0) is 28.6 Å². The first-order chi connectivity index (χ1) is 40.0. The highest BCUT2D eigenvalue weighted by molar-refractivity contribution is 5.71. The van der Waals surface area contributed by atoms with Crippen LogP contribution in [0.25, 0.3) is 0 Å². The number of ether oxygens (including phenoxy) is 3. The van der Waals surface area contributed by atoms with Gasteiger partial charge in [-0.05, 0) is 141 Å². The molecule has 0 amide bonds. The van der Waals surface area contributed by atoms with Crippen LogP contribution in [0.1, 0.15) is 278 Å². The van der Waals surface area contributed by atoms with Crippen molar-refractivity contribution in [1.82, 2.24) is 0 Å². The zero-order valence-electron chi connectivity index (χ0n) is 52.2. The van der Waals surface area contributed by atoms with Crippen LogP contribution in [0.5, 0.6) is 0 Å². The predicted molar refractivity (Wildman–Crippen MR) is 352 cm³/mol. The van der Waals surface area contributed by atoms with Gasteiger partial charge in [0.15, 0.2) is 6.10 Å². The van der Waals surface area contributed by atoms with Crippen LogP contribution in [0.2, 0.25) is 0 Å². The lowest BCUT2D eigenvalue weighted by atomic mass is 10.1. The Hall–Kier alpha value is -4.97. The zero-order valence-corrected chi connectivity index (χ0v) is 52.2. The van der Waals surface area contributed by atoms with Crippen molar-refractivity contribution in [3.8, 4) is 0 Å². The number of rotatable bonds is 58. The third kappa shape index (κ3) is 65.7. The molecule has 0 aliphatic rings. The molecule has 1 unspecified atom stereocenters. The van der Waals surface area contributed by atoms with Gasteiger partial charge in [0, 0.05) is 19.3 Å². The number of esters is 3. The maximum absolute atomic E-state index is 12.9. The zero-order chi connectivity index (χ0) is 58.5. The average Bonchev–Trinajstić information content (AvgIpc) is 3.47. The fourth-order valence-electron chi connectivity index (χ4n) is 8.61. The Morgan fingerprint density at radius 1 is 0.259 bits per heavy atom. The van der Waals surface area contributed by atoms with Crippen LogP contribution in [0.4, 0.5) is 0 Å². The molecular formula is C75H120O6. The van der Waals surface area contributed by atoms with Gasteiger partial charge in [0.1, 0.15) is 13.2 Å². The maximum Gasteiger partial charge on any atom is 0.306 e. The van der Waals surface area contributed by atoms with E-state index in [1.54, 1.807) is 0 Å². The first-order valence-corrected chi connectivity index (χ1v) is 33.0. The Kier molecular flexibility index (Phi) is 63.4. The molecule has 0 fully saturated rings. The van der Waals surface area contributed by atoms with E-state index in [1.807, 2.05) is 0 Å². The smallest absolute Gasteiger partial charge is 0.306 e. The highest BCUT2D eigenvalue weighted by Crippen LogP contribution is 2.15. The summed E-state index contributed by atoms with van der Waals surface area (Å²) < 4.78 is 16.9. The van der Waals surface area contributed by atoms with E-state index in [-0.39, 0.29) is 31.1 Å². The van der Waals surface area contributed by atoms with E-state index in [1.165, 1.54) is 70.6 Å².